The Morgan fingerprint density at radius 3 is 0.708 bits per heavy atom. The standard InChI is InChI=1S/C9H22O3P.5CO.Cr/c1-7(2)10-13(11-8(3)4)12-9(5)6;5*1-2;/h7-9,13H,1-6H3;;;;;;/q+1;;;;;;. The number of rotatable bonds is 6. The van der Waals surface area contributed by atoms with E-state index in [0.29, 0.717) is 0 Å². The fourth-order valence-corrected chi connectivity index (χ4v) is 1.98. The van der Waals surface area contributed by atoms with E-state index in [1.54, 1.807) is 0 Å². The van der Waals surface area contributed by atoms with Crippen LogP contribution < -0.4 is 0 Å². The first kappa shape index (κ1) is 43.7. The first-order chi connectivity index (χ1) is 10.9. The molecule has 136 valence electrons. The van der Waals surface area contributed by atoms with Gasteiger partial charge in [0.25, 0.3) is 0 Å². The van der Waals surface area contributed by atoms with Crippen molar-refractivity contribution in [1.29, 1.82) is 0 Å². The quantitative estimate of drug-likeness (QED) is 0.385. The van der Waals surface area contributed by atoms with Crippen LogP contribution >= 0.6 is 8.60 Å². The normalized spacial score (nSPS) is 7.17. The molecule has 0 aromatic heterocycles. The number of hydrogen-bond acceptors (Lipinski definition) is 3. The van der Waals surface area contributed by atoms with Crippen LogP contribution in [0.3, 0.4) is 0 Å². The van der Waals surface area contributed by atoms with Crippen molar-refractivity contribution in [3.8, 4) is 0 Å². The van der Waals surface area contributed by atoms with E-state index in [4.69, 9.17) is 36.8 Å². The smallest absolute Gasteiger partial charge is 0 e. The summed E-state index contributed by atoms with van der Waals surface area (Å²) in [5.74, 6) is 0. The summed E-state index contributed by atoms with van der Waals surface area (Å²) < 4.78 is 54.1. The molecule has 0 aliphatic heterocycles. The van der Waals surface area contributed by atoms with Crippen LogP contribution in [0.1, 0.15) is 41.5 Å². The Balaban J connectivity index is -0.0000000448. The van der Waals surface area contributed by atoms with Gasteiger partial charge in [-0.1, -0.05) is 0 Å². The van der Waals surface area contributed by atoms with E-state index >= 15 is 0 Å². The van der Waals surface area contributed by atoms with Gasteiger partial charge in [0, 0.05) is 17.4 Å². The molecule has 0 saturated carbocycles. The van der Waals surface area contributed by atoms with Crippen LogP contribution in [0.15, 0.2) is 0 Å². The molecule has 10 heteroatoms. The van der Waals surface area contributed by atoms with Crippen molar-refractivity contribution in [3.05, 3.63) is 33.3 Å². The second kappa shape index (κ2) is 49.5. The van der Waals surface area contributed by atoms with Gasteiger partial charge >= 0.3 is 65.1 Å². The molecule has 0 N–H and O–H groups in total. The summed E-state index contributed by atoms with van der Waals surface area (Å²) in [4.78, 5) is 0. The molecule has 0 fully saturated rings. The van der Waals surface area contributed by atoms with E-state index in [2.05, 4.69) is 33.3 Å². The van der Waals surface area contributed by atoms with Crippen LogP contribution in [0.5, 0.6) is 0 Å². The summed E-state index contributed by atoms with van der Waals surface area (Å²) in [6, 6.07) is 0. The first-order valence-corrected chi connectivity index (χ1v) is 7.03. The second-order valence-corrected chi connectivity index (χ2v) is 4.96. The third-order valence-corrected chi connectivity index (χ3v) is 2.99. The molecule has 0 atom stereocenters. The monoisotopic (exact) mass is 401 g/mol. The zero-order valence-electron chi connectivity index (χ0n) is 14.4. The van der Waals surface area contributed by atoms with E-state index < -0.39 is 8.60 Å². The Labute approximate surface area is 156 Å². The van der Waals surface area contributed by atoms with Crippen LogP contribution in [-0.2, 0) is 54.2 Å². The zero-order valence-corrected chi connectivity index (χ0v) is 16.7. The molecule has 0 aliphatic carbocycles. The van der Waals surface area contributed by atoms with E-state index in [-0.39, 0.29) is 35.7 Å². The van der Waals surface area contributed by atoms with Crippen molar-refractivity contribution in [3.63, 3.8) is 0 Å². The molecular formula is C14H22CrO8P+. The van der Waals surface area contributed by atoms with Gasteiger partial charge in [-0.2, -0.15) is 13.6 Å². The average Bonchev–Trinajstić information content (AvgIpc) is 2.55. The van der Waals surface area contributed by atoms with Crippen molar-refractivity contribution in [2.24, 2.45) is 0 Å². The van der Waals surface area contributed by atoms with E-state index in [9.17, 15) is 0 Å². The maximum Gasteiger partial charge on any atom is 0 e. The minimum Gasteiger partial charge on any atom is 0 e. The molecule has 0 radical (unpaired) electrons. The SMILES string of the molecule is CC(C)O[PH+](OC(C)C)OC(C)C.[C-]#[O+].[C-]#[O+].[C-]#[O+].[C-]#[O+].[C-]#[O+].[Cr]. The summed E-state index contributed by atoms with van der Waals surface area (Å²) in [5, 5.41) is 0. The van der Waals surface area contributed by atoms with E-state index in [1.807, 2.05) is 41.5 Å². The van der Waals surface area contributed by atoms with Gasteiger partial charge in [-0.3, -0.25) is 0 Å². The predicted molar refractivity (Wildman–Crippen MR) is 76.6 cm³/mol. The van der Waals surface area contributed by atoms with Crippen molar-refractivity contribution in [2.45, 2.75) is 59.9 Å². The molecule has 0 heterocycles. The Kier molecular flexibility index (Phi) is 90.1. The minimum atomic E-state index is -1.54. The Morgan fingerprint density at radius 1 is 0.500 bits per heavy atom. The molecule has 0 saturated heterocycles. The van der Waals surface area contributed by atoms with Crippen LogP contribution in [0.4, 0.5) is 0 Å². The van der Waals surface area contributed by atoms with Crippen LogP contribution in [0, 0.1) is 33.3 Å². The summed E-state index contributed by atoms with van der Waals surface area (Å²) in [6.45, 7) is 34.4. The Hall–Kier alpha value is -0.458. The molecule has 0 unspecified atom stereocenters. The van der Waals surface area contributed by atoms with Crippen molar-refractivity contribution < 1.29 is 54.2 Å². The molecule has 8 nitrogen and oxygen atoms in total. The molecule has 24 heavy (non-hydrogen) atoms. The first-order valence-electron chi connectivity index (χ1n) is 5.80. The summed E-state index contributed by atoms with van der Waals surface area (Å²) in [7, 11) is -1.54. The summed E-state index contributed by atoms with van der Waals surface area (Å²) in [6.07, 6.45) is 0.476. The molecule has 0 spiro atoms. The minimum absolute atomic E-state index is 0. The topological polar surface area (TPSA) is 127 Å². The predicted octanol–water partition coefficient (Wildman–Crippen LogP) is 3.03. The summed E-state index contributed by atoms with van der Waals surface area (Å²) in [5.41, 5.74) is 0. The van der Waals surface area contributed by atoms with Gasteiger partial charge in [-0.05, 0) is 41.5 Å². The molecule has 0 rings (SSSR count). The van der Waals surface area contributed by atoms with Crippen molar-refractivity contribution in [1.82, 2.24) is 0 Å². The van der Waals surface area contributed by atoms with Crippen LogP contribution in [0.2, 0.25) is 0 Å². The molecule has 0 aromatic rings. The summed E-state index contributed by atoms with van der Waals surface area (Å²) >= 11 is 0. The molecule has 0 aromatic carbocycles. The largest absolute Gasteiger partial charge is 0 e. The molecule has 0 bridgehead atoms. The van der Waals surface area contributed by atoms with Gasteiger partial charge in [0.05, 0.1) is 0 Å². The van der Waals surface area contributed by atoms with Gasteiger partial charge < -0.3 is 0 Å². The van der Waals surface area contributed by atoms with Gasteiger partial charge in [-0.15, -0.1) is 0 Å². The Morgan fingerprint density at radius 2 is 0.625 bits per heavy atom. The maximum absolute atomic E-state index is 7.50. The number of hydrogen-bond donors (Lipinski definition) is 0. The third kappa shape index (κ3) is 68.2. The van der Waals surface area contributed by atoms with E-state index in [1.165, 1.54) is 0 Å². The maximum atomic E-state index is 7.50. The average molecular weight is 401 g/mol. The van der Waals surface area contributed by atoms with Crippen LogP contribution in [-0.4, -0.2) is 18.3 Å². The molecular weight excluding hydrogens is 379 g/mol. The molecule has 0 amide bonds. The van der Waals surface area contributed by atoms with Gasteiger partial charge in [0.2, 0.25) is 0 Å². The fourth-order valence-electron chi connectivity index (χ4n) is 0.661. The van der Waals surface area contributed by atoms with Crippen molar-refractivity contribution >= 4 is 8.60 Å². The van der Waals surface area contributed by atoms with Crippen molar-refractivity contribution in [2.75, 3.05) is 0 Å². The second-order valence-electron chi connectivity index (χ2n) is 3.75. The Bertz CT molecular complexity index is 239. The zero-order chi connectivity index (χ0) is 20.4. The van der Waals surface area contributed by atoms with Gasteiger partial charge in [0.15, 0.2) is 0 Å². The van der Waals surface area contributed by atoms with Crippen LogP contribution in [0.25, 0.3) is 0 Å². The van der Waals surface area contributed by atoms with Gasteiger partial charge in [-0.25, -0.2) is 0 Å². The van der Waals surface area contributed by atoms with Gasteiger partial charge in [0.1, 0.15) is 18.3 Å². The fraction of sp³-hybridized carbons (Fsp3) is 0.643. The van der Waals surface area contributed by atoms with E-state index in [0.717, 1.165) is 0 Å². The molecule has 0 aliphatic rings. The third-order valence-electron chi connectivity index (χ3n) is 0.996.